The highest BCUT2D eigenvalue weighted by molar-refractivity contribution is 4.80. The van der Waals surface area contributed by atoms with Crippen LogP contribution in [0.5, 0.6) is 0 Å². The van der Waals surface area contributed by atoms with Crippen molar-refractivity contribution < 1.29 is 4.74 Å². The Balaban J connectivity index is 1.54. The van der Waals surface area contributed by atoms with Crippen molar-refractivity contribution >= 4 is 0 Å². The quantitative estimate of drug-likeness (QED) is 0.327. The molecule has 0 atom stereocenters. The van der Waals surface area contributed by atoms with E-state index in [4.69, 9.17) is 4.74 Å². The normalized spacial score (nSPS) is 32.0. The Hall–Kier alpha value is -0.720. The van der Waals surface area contributed by atoms with Crippen molar-refractivity contribution in [3.05, 3.63) is 25.0 Å². The molecule has 0 N–H and O–H groups in total. The summed E-state index contributed by atoms with van der Waals surface area (Å²) in [7, 11) is 0. The van der Waals surface area contributed by atoms with Gasteiger partial charge < -0.3 is 4.74 Å². The molecule has 0 radical (unpaired) electrons. The SMILES string of the molecule is C=CCC[C@H]1CC[C@H](CC[C@H]2CC[C@H](OC=CCC)CC2)CC1. The molecule has 132 valence electrons. The molecular weight excluding hydrogens is 280 g/mol. The summed E-state index contributed by atoms with van der Waals surface area (Å²) in [6.07, 6.45) is 24.5. The maximum absolute atomic E-state index is 5.82. The minimum Gasteiger partial charge on any atom is -0.498 e. The summed E-state index contributed by atoms with van der Waals surface area (Å²) in [4.78, 5) is 0. The summed E-state index contributed by atoms with van der Waals surface area (Å²) in [5.74, 6) is 2.99. The molecule has 0 amide bonds. The Labute approximate surface area is 144 Å². The largest absolute Gasteiger partial charge is 0.498 e. The van der Waals surface area contributed by atoms with E-state index in [1.165, 1.54) is 77.0 Å². The summed E-state index contributed by atoms with van der Waals surface area (Å²) >= 11 is 0. The van der Waals surface area contributed by atoms with Crippen molar-refractivity contribution in [1.29, 1.82) is 0 Å². The predicted molar refractivity (Wildman–Crippen MR) is 100 cm³/mol. The highest BCUT2D eigenvalue weighted by Gasteiger charge is 2.24. The van der Waals surface area contributed by atoms with Gasteiger partial charge in [0.1, 0.15) is 0 Å². The van der Waals surface area contributed by atoms with Gasteiger partial charge in [-0.25, -0.2) is 0 Å². The van der Waals surface area contributed by atoms with Crippen LogP contribution in [-0.2, 0) is 4.74 Å². The fourth-order valence-electron chi connectivity index (χ4n) is 4.45. The minimum absolute atomic E-state index is 0.495. The Morgan fingerprint density at radius 2 is 1.35 bits per heavy atom. The smallest absolute Gasteiger partial charge is 0.0978 e. The van der Waals surface area contributed by atoms with E-state index in [-0.39, 0.29) is 0 Å². The van der Waals surface area contributed by atoms with Gasteiger partial charge in [-0.05, 0) is 62.7 Å². The average molecular weight is 319 g/mol. The number of rotatable bonds is 9. The molecule has 2 aliphatic rings. The third-order valence-corrected chi connectivity index (χ3v) is 6.13. The summed E-state index contributed by atoms with van der Waals surface area (Å²) in [6.45, 7) is 6.01. The molecule has 23 heavy (non-hydrogen) atoms. The molecule has 1 heteroatoms. The molecule has 0 aromatic rings. The van der Waals surface area contributed by atoms with Gasteiger partial charge in [-0.3, -0.25) is 0 Å². The highest BCUT2D eigenvalue weighted by atomic mass is 16.5. The molecule has 1 nitrogen and oxygen atoms in total. The second kappa shape index (κ2) is 10.9. The lowest BCUT2D eigenvalue weighted by atomic mass is 9.76. The van der Waals surface area contributed by atoms with Gasteiger partial charge in [-0.2, -0.15) is 0 Å². The van der Waals surface area contributed by atoms with Crippen LogP contribution in [0.2, 0.25) is 0 Å². The van der Waals surface area contributed by atoms with E-state index in [0.29, 0.717) is 6.10 Å². The number of allylic oxidation sites excluding steroid dienone is 2. The lowest BCUT2D eigenvalue weighted by Crippen LogP contribution is -2.21. The highest BCUT2D eigenvalue weighted by Crippen LogP contribution is 2.37. The maximum atomic E-state index is 5.82. The molecule has 0 saturated heterocycles. The molecule has 0 aliphatic heterocycles. The van der Waals surface area contributed by atoms with E-state index in [2.05, 4.69) is 25.7 Å². The molecule has 2 aliphatic carbocycles. The van der Waals surface area contributed by atoms with Crippen LogP contribution >= 0.6 is 0 Å². The Morgan fingerprint density at radius 1 is 0.826 bits per heavy atom. The Kier molecular flexibility index (Phi) is 8.86. The second-order valence-corrected chi connectivity index (χ2v) is 7.89. The monoisotopic (exact) mass is 318 g/mol. The third kappa shape index (κ3) is 7.14. The molecule has 2 saturated carbocycles. The Bertz CT molecular complexity index is 330. The second-order valence-electron chi connectivity index (χ2n) is 7.89. The first-order chi connectivity index (χ1) is 11.3. The fraction of sp³-hybridized carbons (Fsp3) is 0.818. The molecule has 0 aromatic heterocycles. The zero-order valence-electron chi connectivity index (χ0n) is 15.3. The maximum Gasteiger partial charge on any atom is 0.0978 e. The molecule has 2 rings (SSSR count). The van der Waals surface area contributed by atoms with Gasteiger partial charge in [0.25, 0.3) is 0 Å². The summed E-state index contributed by atoms with van der Waals surface area (Å²) in [5, 5.41) is 0. The molecule has 0 heterocycles. The van der Waals surface area contributed by atoms with E-state index < -0.39 is 0 Å². The van der Waals surface area contributed by atoms with E-state index in [0.717, 1.165) is 24.2 Å². The van der Waals surface area contributed by atoms with Crippen LogP contribution in [0.15, 0.2) is 25.0 Å². The lowest BCUT2D eigenvalue weighted by Gasteiger charge is -2.31. The minimum atomic E-state index is 0.495. The first kappa shape index (κ1) is 18.6. The summed E-state index contributed by atoms with van der Waals surface area (Å²) < 4.78 is 5.82. The van der Waals surface area contributed by atoms with E-state index in [1.807, 2.05) is 6.26 Å². The van der Waals surface area contributed by atoms with Gasteiger partial charge in [0.2, 0.25) is 0 Å². The molecule has 2 fully saturated rings. The van der Waals surface area contributed by atoms with E-state index in [9.17, 15) is 0 Å². The fourth-order valence-corrected chi connectivity index (χ4v) is 4.45. The number of hydrogen-bond donors (Lipinski definition) is 0. The van der Waals surface area contributed by atoms with Gasteiger partial charge in [0.05, 0.1) is 12.4 Å². The number of ether oxygens (including phenoxy) is 1. The van der Waals surface area contributed by atoms with Crippen LogP contribution in [0.25, 0.3) is 0 Å². The first-order valence-electron chi connectivity index (χ1n) is 10.2. The van der Waals surface area contributed by atoms with Gasteiger partial charge in [0.15, 0.2) is 0 Å². The molecule has 0 aromatic carbocycles. The molecular formula is C22H38O. The third-order valence-electron chi connectivity index (χ3n) is 6.13. The van der Waals surface area contributed by atoms with Crippen molar-refractivity contribution in [2.45, 2.75) is 96.5 Å². The van der Waals surface area contributed by atoms with Gasteiger partial charge in [-0.15, -0.1) is 6.58 Å². The Morgan fingerprint density at radius 3 is 1.87 bits per heavy atom. The van der Waals surface area contributed by atoms with E-state index >= 15 is 0 Å². The van der Waals surface area contributed by atoms with Gasteiger partial charge in [0, 0.05) is 0 Å². The zero-order valence-corrected chi connectivity index (χ0v) is 15.3. The van der Waals surface area contributed by atoms with Crippen LogP contribution in [0, 0.1) is 17.8 Å². The van der Waals surface area contributed by atoms with Crippen LogP contribution in [-0.4, -0.2) is 6.10 Å². The van der Waals surface area contributed by atoms with Crippen LogP contribution < -0.4 is 0 Å². The van der Waals surface area contributed by atoms with Crippen molar-refractivity contribution in [2.24, 2.45) is 17.8 Å². The zero-order chi connectivity index (χ0) is 16.3. The number of hydrogen-bond acceptors (Lipinski definition) is 1. The lowest BCUT2D eigenvalue weighted by molar-refractivity contribution is 0.0837. The van der Waals surface area contributed by atoms with E-state index in [1.54, 1.807) is 0 Å². The van der Waals surface area contributed by atoms with Crippen LogP contribution in [0.1, 0.15) is 90.4 Å². The van der Waals surface area contributed by atoms with Crippen LogP contribution in [0.4, 0.5) is 0 Å². The summed E-state index contributed by atoms with van der Waals surface area (Å²) in [6, 6.07) is 0. The van der Waals surface area contributed by atoms with Crippen molar-refractivity contribution in [1.82, 2.24) is 0 Å². The summed E-state index contributed by atoms with van der Waals surface area (Å²) in [5.41, 5.74) is 0. The van der Waals surface area contributed by atoms with Crippen LogP contribution in [0.3, 0.4) is 0 Å². The van der Waals surface area contributed by atoms with Gasteiger partial charge in [-0.1, -0.05) is 57.6 Å². The first-order valence-corrected chi connectivity index (χ1v) is 10.2. The topological polar surface area (TPSA) is 9.23 Å². The standard InChI is InChI=1S/C22H38O/c1-3-5-7-19-8-10-20(11-9-19)12-13-21-14-16-22(17-15-21)23-18-6-4-2/h3,6,18-22H,1,4-5,7-17H2,2H3/t19-,20-,21-,22-. The molecule has 0 bridgehead atoms. The van der Waals surface area contributed by atoms with Gasteiger partial charge >= 0.3 is 0 Å². The molecule has 0 spiro atoms. The van der Waals surface area contributed by atoms with Crippen molar-refractivity contribution in [3.8, 4) is 0 Å². The molecule has 0 unspecified atom stereocenters. The van der Waals surface area contributed by atoms with Crippen molar-refractivity contribution in [2.75, 3.05) is 0 Å². The van der Waals surface area contributed by atoms with Crippen molar-refractivity contribution in [3.63, 3.8) is 0 Å². The predicted octanol–water partition coefficient (Wildman–Crippen LogP) is 7.04. The average Bonchev–Trinajstić information content (AvgIpc) is 2.60.